The van der Waals surface area contributed by atoms with Gasteiger partial charge in [-0.25, -0.2) is 0 Å². The smallest absolute Gasteiger partial charge is 0.211 e. The Bertz CT molecular complexity index is 249. The summed E-state index contributed by atoms with van der Waals surface area (Å²) in [6, 6.07) is 0. The van der Waals surface area contributed by atoms with Crippen LogP contribution >= 0.6 is 47.0 Å². The van der Waals surface area contributed by atoms with Crippen molar-refractivity contribution in [3.05, 3.63) is 12.2 Å². The number of thioether (sulfide) groups is 4. The summed E-state index contributed by atoms with van der Waals surface area (Å²) in [7, 11) is 0. The first-order chi connectivity index (χ1) is 8.83. The molecule has 1 unspecified atom stereocenters. The normalized spacial score (nSPS) is 19.7. The van der Waals surface area contributed by atoms with E-state index < -0.39 is 0 Å². The number of carbonyl (C=O) groups excluding carboxylic acids is 1. The lowest BCUT2D eigenvalue weighted by atomic mass is 10.3. The van der Waals surface area contributed by atoms with Crippen molar-refractivity contribution < 1.29 is 4.79 Å². The van der Waals surface area contributed by atoms with Crippen molar-refractivity contribution in [2.24, 2.45) is 0 Å². The van der Waals surface area contributed by atoms with Gasteiger partial charge in [-0.05, 0) is 43.8 Å². The first-order valence-electron chi connectivity index (χ1n) is 6.39. The molecule has 0 N–H and O–H groups in total. The first kappa shape index (κ1) is 16.9. The molecule has 1 atom stereocenters. The molecule has 0 aromatic carbocycles. The summed E-state index contributed by atoms with van der Waals surface area (Å²) in [6.07, 6.45) is 7.35. The zero-order chi connectivity index (χ0) is 13.1. The fourth-order valence-electron chi connectivity index (χ4n) is 1.57. The zero-order valence-corrected chi connectivity index (χ0v) is 14.2. The van der Waals surface area contributed by atoms with E-state index in [0.29, 0.717) is 0 Å². The van der Waals surface area contributed by atoms with E-state index >= 15 is 0 Å². The molecule has 18 heavy (non-hydrogen) atoms. The monoisotopic (exact) mass is 322 g/mol. The summed E-state index contributed by atoms with van der Waals surface area (Å²) in [4.78, 5) is 11.2. The van der Waals surface area contributed by atoms with E-state index in [2.05, 4.69) is 23.5 Å². The number of hydrogen-bond acceptors (Lipinski definition) is 5. The van der Waals surface area contributed by atoms with Gasteiger partial charge in [-0.2, -0.15) is 11.8 Å². The molecule has 0 radical (unpaired) electrons. The van der Waals surface area contributed by atoms with E-state index in [4.69, 9.17) is 0 Å². The standard InChI is InChI=1S/C13H22OS4/c1-2-5-13(14)17-9-4-8-15-7-3-6-12-10-16-11-18-12/h2,5,12H,3-4,6-11H2,1H3. The van der Waals surface area contributed by atoms with Gasteiger partial charge in [0, 0.05) is 21.8 Å². The highest BCUT2D eigenvalue weighted by molar-refractivity contribution is 8.19. The molecule has 0 spiro atoms. The molecule has 1 fully saturated rings. The van der Waals surface area contributed by atoms with Gasteiger partial charge >= 0.3 is 0 Å². The van der Waals surface area contributed by atoms with E-state index in [1.54, 1.807) is 6.08 Å². The van der Waals surface area contributed by atoms with Crippen LogP contribution in [0.4, 0.5) is 0 Å². The molecular weight excluding hydrogens is 300 g/mol. The third-order valence-electron chi connectivity index (χ3n) is 2.49. The molecule has 1 aliphatic heterocycles. The predicted octanol–water partition coefficient (Wildman–Crippen LogP) is 4.53. The number of rotatable bonds is 9. The quantitative estimate of drug-likeness (QED) is 0.457. The van der Waals surface area contributed by atoms with Crippen LogP contribution in [0.1, 0.15) is 26.2 Å². The minimum absolute atomic E-state index is 0.193. The van der Waals surface area contributed by atoms with Crippen LogP contribution in [0.25, 0.3) is 0 Å². The van der Waals surface area contributed by atoms with E-state index in [1.165, 1.54) is 46.9 Å². The maximum absolute atomic E-state index is 11.2. The highest BCUT2D eigenvalue weighted by Crippen LogP contribution is 2.32. The summed E-state index contributed by atoms with van der Waals surface area (Å²) < 4.78 is 0. The zero-order valence-electron chi connectivity index (χ0n) is 10.9. The Hall–Kier alpha value is 0.810. The highest BCUT2D eigenvalue weighted by Gasteiger charge is 2.14. The van der Waals surface area contributed by atoms with Gasteiger partial charge in [0.25, 0.3) is 0 Å². The Morgan fingerprint density at radius 3 is 2.89 bits per heavy atom. The lowest BCUT2D eigenvalue weighted by Crippen LogP contribution is -2.01. The maximum atomic E-state index is 11.2. The Morgan fingerprint density at radius 2 is 2.17 bits per heavy atom. The van der Waals surface area contributed by atoms with Crippen LogP contribution in [0.15, 0.2) is 12.2 Å². The molecule has 1 nitrogen and oxygen atoms in total. The van der Waals surface area contributed by atoms with E-state index in [1.807, 2.05) is 24.8 Å². The van der Waals surface area contributed by atoms with Crippen molar-refractivity contribution >= 4 is 52.2 Å². The van der Waals surface area contributed by atoms with Gasteiger partial charge in [-0.15, -0.1) is 23.5 Å². The lowest BCUT2D eigenvalue weighted by Gasteiger charge is -2.06. The van der Waals surface area contributed by atoms with Crippen molar-refractivity contribution in [2.75, 3.05) is 28.1 Å². The van der Waals surface area contributed by atoms with Gasteiger partial charge in [0.05, 0.1) is 0 Å². The average molecular weight is 323 g/mol. The Balaban J connectivity index is 1.79. The Labute approximate surface area is 128 Å². The highest BCUT2D eigenvalue weighted by atomic mass is 32.2. The summed E-state index contributed by atoms with van der Waals surface area (Å²) in [5, 5.41) is 2.41. The molecule has 0 aliphatic carbocycles. The minimum Gasteiger partial charge on any atom is -0.282 e. The van der Waals surface area contributed by atoms with Crippen LogP contribution in [0.5, 0.6) is 0 Å². The molecule has 1 saturated heterocycles. The van der Waals surface area contributed by atoms with Gasteiger partial charge in [0.2, 0.25) is 5.12 Å². The molecule has 1 rings (SSSR count). The summed E-state index contributed by atoms with van der Waals surface area (Å²) in [5.74, 6) is 4.81. The molecule has 0 saturated carbocycles. The van der Waals surface area contributed by atoms with Gasteiger partial charge in [-0.3, -0.25) is 4.79 Å². The van der Waals surface area contributed by atoms with Crippen LogP contribution in [0, 0.1) is 0 Å². The second-order valence-corrected chi connectivity index (χ2v) is 9.06. The maximum Gasteiger partial charge on any atom is 0.211 e. The first-order valence-corrected chi connectivity index (χ1v) is 10.7. The van der Waals surface area contributed by atoms with Crippen molar-refractivity contribution in [3.63, 3.8) is 0 Å². The second kappa shape index (κ2) is 11.6. The molecule has 0 aromatic rings. The summed E-state index contributed by atoms with van der Waals surface area (Å²) >= 11 is 7.69. The number of carbonyl (C=O) groups is 1. The van der Waals surface area contributed by atoms with Gasteiger partial charge in [0.15, 0.2) is 0 Å². The van der Waals surface area contributed by atoms with E-state index in [-0.39, 0.29) is 5.12 Å². The van der Waals surface area contributed by atoms with Crippen molar-refractivity contribution in [1.82, 2.24) is 0 Å². The second-order valence-electron chi connectivity index (χ2n) is 4.05. The largest absolute Gasteiger partial charge is 0.282 e. The molecule has 1 aliphatic rings. The van der Waals surface area contributed by atoms with Gasteiger partial charge in [-0.1, -0.05) is 17.8 Å². The van der Waals surface area contributed by atoms with Crippen LogP contribution in [0.3, 0.4) is 0 Å². The van der Waals surface area contributed by atoms with Crippen LogP contribution < -0.4 is 0 Å². The van der Waals surface area contributed by atoms with Gasteiger partial charge in [0.1, 0.15) is 0 Å². The molecular formula is C13H22OS4. The van der Waals surface area contributed by atoms with E-state index in [9.17, 15) is 4.79 Å². The third kappa shape index (κ3) is 8.83. The molecule has 0 bridgehead atoms. The van der Waals surface area contributed by atoms with Crippen LogP contribution in [-0.2, 0) is 4.79 Å². The van der Waals surface area contributed by atoms with Crippen molar-refractivity contribution in [1.29, 1.82) is 0 Å². The molecule has 0 aromatic heterocycles. The van der Waals surface area contributed by atoms with Crippen LogP contribution in [0.2, 0.25) is 0 Å². The topological polar surface area (TPSA) is 17.1 Å². The molecule has 104 valence electrons. The van der Waals surface area contributed by atoms with Crippen LogP contribution in [-0.4, -0.2) is 38.5 Å². The Morgan fingerprint density at radius 1 is 1.33 bits per heavy atom. The predicted molar refractivity (Wildman–Crippen MR) is 92.2 cm³/mol. The summed E-state index contributed by atoms with van der Waals surface area (Å²) in [6.45, 7) is 1.88. The fourth-order valence-corrected chi connectivity index (χ4v) is 6.38. The number of hydrogen-bond donors (Lipinski definition) is 0. The fraction of sp³-hybridized carbons (Fsp3) is 0.769. The summed E-state index contributed by atoms with van der Waals surface area (Å²) in [5.41, 5.74) is 0. The van der Waals surface area contributed by atoms with Crippen molar-refractivity contribution in [2.45, 2.75) is 31.4 Å². The van der Waals surface area contributed by atoms with Gasteiger partial charge < -0.3 is 0 Å². The van der Waals surface area contributed by atoms with E-state index in [0.717, 1.165) is 17.4 Å². The number of allylic oxidation sites excluding steroid dienone is 1. The molecule has 1 heterocycles. The third-order valence-corrected chi connectivity index (χ3v) is 7.49. The lowest BCUT2D eigenvalue weighted by molar-refractivity contribution is -0.107. The molecule has 5 heteroatoms. The van der Waals surface area contributed by atoms with Crippen molar-refractivity contribution in [3.8, 4) is 0 Å². The minimum atomic E-state index is 0.193. The average Bonchev–Trinajstić information content (AvgIpc) is 2.86. The molecule has 0 amide bonds. The Kier molecular flexibility index (Phi) is 10.9. The SMILES string of the molecule is CC=CC(=O)SCCCSCCCC1CSCS1.